The zero-order chi connectivity index (χ0) is 20.2. The number of benzene rings is 1. The summed E-state index contributed by atoms with van der Waals surface area (Å²) in [6.07, 6.45) is 2.93. The van der Waals surface area contributed by atoms with Gasteiger partial charge in [-0.2, -0.15) is 0 Å². The van der Waals surface area contributed by atoms with Crippen LogP contribution < -0.4 is 4.31 Å². The Morgan fingerprint density at radius 1 is 1.26 bits per heavy atom. The van der Waals surface area contributed by atoms with Gasteiger partial charge in [-0.25, -0.2) is 17.6 Å². The van der Waals surface area contributed by atoms with Gasteiger partial charge in [0.15, 0.2) is 0 Å². The predicted molar refractivity (Wildman–Crippen MR) is 104 cm³/mol. The van der Waals surface area contributed by atoms with Crippen molar-refractivity contribution in [3.63, 3.8) is 0 Å². The van der Waals surface area contributed by atoms with Crippen molar-refractivity contribution in [2.75, 3.05) is 30.2 Å². The van der Waals surface area contributed by atoms with Crippen molar-refractivity contribution in [3.05, 3.63) is 30.1 Å². The first kappa shape index (κ1) is 21.5. The second-order valence-corrected chi connectivity index (χ2v) is 9.89. The number of piperidine rings is 1. The lowest BCUT2D eigenvalue weighted by Crippen LogP contribution is -2.42. The number of anilines is 1. The minimum atomic E-state index is -3.58. The molecule has 8 heteroatoms. The molecule has 0 bridgehead atoms. The van der Waals surface area contributed by atoms with Gasteiger partial charge in [-0.3, -0.25) is 4.31 Å². The van der Waals surface area contributed by atoms with Crippen LogP contribution in [0.1, 0.15) is 40.0 Å². The number of carbonyl (C=O) groups excluding carboxylic acids is 1. The topological polar surface area (TPSA) is 66.9 Å². The normalized spacial score (nSPS) is 16.3. The molecule has 2 rings (SSSR count). The van der Waals surface area contributed by atoms with E-state index in [2.05, 4.69) is 0 Å². The summed E-state index contributed by atoms with van der Waals surface area (Å²) in [7, 11) is -3.58. The van der Waals surface area contributed by atoms with Crippen molar-refractivity contribution in [2.45, 2.75) is 45.6 Å². The lowest BCUT2D eigenvalue weighted by atomic mass is 9.94. The first-order valence-electron chi connectivity index (χ1n) is 9.17. The van der Waals surface area contributed by atoms with E-state index in [0.29, 0.717) is 19.5 Å². The summed E-state index contributed by atoms with van der Waals surface area (Å²) in [6, 6.07) is 5.88. The number of rotatable bonds is 5. The van der Waals surface area contributed by atoms with E-state index in [1.165, 1.54) is 18.2 Å². The highest BCUT2D eigenvalue weighted by Gasteiger charge is 2.28. The van der Waals surface area contributed by atoms with Crippen molar-refractivity contribution < 1.29 is 22.3 Å². The number of para-hydroxylation sites is 1. The third-order valence-electron chi connectivity index (χ3n) is 4.53. The molecule has 27 heavy (non-hydrogen) atoms. The zero-order valence-electron chi connectivity index (χ0n) is 16.4. The Hall–Kier alpha value is -1.83. The first-order valence-corrected chi connectivity index (χ1v) is 11.0. The van der Waals surface area contributed by atoms with Gasteiger partial charge in [-0.1, -0.05) is 12.1 Å². The van der Waals surface area contributed by atoms with Gasteiger partial charge < -0.3 is 9.64 Å². The molecule has 0 atom stereocenters. The van der Waals surface area contributed by atoms with Crippen LogP contribution in [0, 0.1) is 11.7 Å². The van der Waals surface area contributed by atoms with Crippen LogP contribution in [0.25, 0.3) is 0 Å². The Bertz CT molecular complexity index is 753. The van der Waals surface area contributed by atoms with Crippen LogP contribution in [0.2, 0.25) is 0 Å². The van der Waals surface area contributed by atoms with E-state index in [-0.39, 0.29) is 24.2 Å². The van der Waals surface area contributed by atoms with Gasteiger partial charge in [0.1, 0.15) is 11.4 Å². The number of hydrogen-bond donors (Lipinski definition) is 0. The zero-order valence-corrected chi connectivity index (χ0v) is 17.3. The third kappa shape index (κ3) is 6.37. The molecule has 1 fully saturated rings. The maximum atomic E-state index is 14.0. The molecule has 0 aromatic heterocycles. The Morgan fingerprint density at radius 3 is 2.37 bits per heavy atom. The van der Waals surface area contributed by atoms with Crippen molar-refractivity contribution in [2.24, 2.45) is 5.92 Å². The van der Waals surface area contributed by atoms with E-state index in [0.717, 1.165) is 23.4 Å². The number of halogens is 1. The van der Waals surface area contributed by atoms with Gasteiger partial charge in [0.25, 0.3) is 0 Å². The van der Waals surface area contributed by atoms with Crippen LogP contribution in [0.3, 0.4) is 0 Å². The number of hydrogen-bond acceptors (Lipinski definition) is 4. The second kappa shape index (κ2) is 8.46. The number of nitrogens with zero attached hydrogens (tertiary/aromatic N) is 2. The molecule has 1 aliphatic heterocycles. The average molecular weight is 401 g/mol. The number of carbonyl (C=O) groups is 1. The van der Waals surface area contributed by atoms with Gasteiger partial charge in [0.2, 0.25) is 10.0 Å². The molecule has 0 saturated carbocycles. The van der Waals surface area contributed by atoms with E-state index >= 15 is 0 Å². The largest absolute Gasteiger partial charge is 0.444 e. The molecule has 1 aromatic carbocycles. The van der Waals surface area contributed by atoms with Crippen LogP contribution >= 0.6 is 0 Å². The predicted octanol–water partition coefficient (Wildman–Crippen LogP) is 3.63. The Labute approximate surface area is 161 Å². The Kier molecular flexibility index (Phi) is 6.72. The molecule has 152 valence electrons. The average Bonchev–Trinajstić information content (AvgIpc) is 2.54. The molecule has 1 saturated heterocycles. The second-order valence-electron chi connectivity index (χ2n) is 7.99. The minimum absolute atomic E-state index is 0.0752. The summed E-state index contributed by atoms with van der Waals surface area (Å²) >= 11 is 0. The minimum Gasteiger partial charge on any atom is -0.444 e. The van der Waals surface area contributed by atoms with E-state index in [9.17, 15) is 17.6 Å². The Morgan fingerprint density at radius 2 is 1.85 bits per heavy atom. The molecule has 1 aromatic rings. The van der Waals surface area contributed by atoms with E-state index in [4.69, 9.17) is 4.74 Å². The van der Waals surface area contributed by atoms with Gasteiger partial charge in [0, 0.05) is 19.6 Å². The van der Waals surface area contributed by atoms with Crippen LogP contribution in [0.15, 0.2) is 24.3 Å². The standard InChI is InChI=1S/C19H29FN2O4S/c1-19(2,3)26-18(23)21-12-9-15(10-13-21)11-14-22(27(4,24)25)17-8-6-5-7-16(17)20/h5-8,15H,9-14H2,1-4H3. The van der Waals surface area contributed by atoms with E-state index < -0.39 is 21.4 Å². The summed E-state index contributed by atoms with van der Waals surface area (Å²) in [5.41, 5.74) is -0.449. The van der Waals surface area contributed by atoms with Crippen molar-refractivity contribution in [1.29, 1.82) is 0 Å². The third-order valence-corrected chi connectivity index (χ3v) is 5.71. The fourth-order valence-electron chi connectivity index (χ4n) is 3.15. The summed E-state index contributed by atoms with van der Waals surface area (Å²) < 4.78 is 44.8. The summed E-state index contributed by atoms with van der Waals surface area (Å²) in [5.74, 6) is -0.276. The number of amides is 1. The summed E-state index contributed by atoms with van der Waals surface area (Å²) in [5, 5.41) is 0. The van der Waals surface area contributed by atoms with Crippen molar-refractivity contribution in [3.8, 4) is 0 Å². The van der Waals surface area contributed by atoms with Crippen molar-refractivity contribution >= 4 is 21.8 Å². The summed E-state index contributed by atoms with van der Waals surface area (Å²) in [4.78, 5) is 13.8. The fourth-order valence-corrected chi connectivity index (χ4v) is 4.09. The van der Waals surface area contributed by atoms with Gasteiger partial charge in [0.05, 0.1) is 11.9 Å². The molecule has 0 aliphatic carbocycles. The maximum Gasteiger partial charge on any atom is 0.410 e. The van der Waals surface area contributed by atoms with Crippen LogP contribution in [-0.4, -0.2) is 50.9 Å². The van der Waals surface area contributed by atoms with Gasteiger partial charge in [-0.05, 0) is 58.1 Å². The summed E-state index contributed by atoms with van der Waals surface area (Å²) in [6.45, 7) is 6.88. The number of likely N-dealkylation sites (tertiary alicyclic amines) is 1. The first-order chi connectivity index (χ1) is 12.5. The highest BCUT2D eigenvalue weighted by Crippen LogP contribution is 2.26. The van der Waals surface area contributed by atoms with Gasteiger partial charge in [-0.15, -0.1) is 0 Å². The monoisotopic (exact) mass is 400 g/mol. The molecule has 6 nitrogen and oxygen atoms in total. The lowest BCUT2D eigenvalue weighted by molar-refractivity contribution is 0.0182. The highest BCUT2D eigenvalue weighted by atomic mass is 32.2. The van der Waals surface area contributed by atoms with Crippen LogP contribution in [-0.2, 0) is 14.8 Å². The van der Waals surface area contributed by atoms with E-state index in [1.807, 2.05) is 20.8 Å². The molecule has 0 radical (unpaired) electrons. The van der Waals surface area contributed by atoms with E-state index in [1.54, 1.807) is 11.0 Å². The molecular weight excluding hydrogens is 371 g/mol. The maximum absolute atomic E-state index is 14.0. The molecule has 0 unspecified atom stereocenters. The van der Waals surface area contributed by atoms with Crippen molar-refractivity contribution in [1.82, 2.24) is 4.90 Å². The SMILES string of the molecule is CC(C)(C)OC(=O)N1CCC(CCN(c2ccccc2F)S(C)(=O)=O)CC1. The number of sulfonamides is 1. The Balaban J connectivity index is 1.93. The molecule has 0 N–H and O–H groups in total. The molecular formula is C19H29FN2O4S. The van der Waals surface area contributed by atoms with Crippen LogP contribution in [0.5, 0.6) is 0 Å². The highest BCUT2D eigenvalue weighted by molar-refractivity contribution is 7.92. The number of ether oxygens (including phenoxy) is 1. The molecule has 1 heterocycles. The lowest BCUT2D eigenvalue weighted by Gasteiger charge is -2.34. The quantitative estimate of drug-likeness (QED) is 0.757. The smallest absolute Gasteiger partial charge is 0.410 e. The fraction of sp³-hybridized carbons (Fsp3) is 0.632. The molecule has 1 aliphatic rings. The van der Waals surface area contributed by atoms with Crippen LogP contribution in [0.4, 0.5) is 14.9 Å². The molecule has 0 spiro atoms. The molecule has 1 amide bonds. The van der Waals surface area contributed by atoms with Gasteiger partial charge >= 0.3 is 6.09 Å².